The van der Waals surface area contributed by atoms with Crippen LogP contribution >= 0.6 is 0 Å². The normalized spacial score (nSPS) is 17.7. The number of piperidine rings is 1. The van der Waals surface area contributed by atoms with Gasteiger partial charge in [0, 0.05) is 24.0 Å². The fraction of sp³-hybridized carbons (Fsp3) is 0.538. The molecule has 1 aromatic carbocycles. The van der Waals surface area contributed by atoms with Crippen molar-refractivity contribution >= 4 is 10.0 Å². The summed E-state index contributed by atoms with van der Waals surface area (Å²) in [4.78, 5) is 3.16. The van der Waals surface area contributed by atoms with Crippen LogP contribution < -0.4 is 0 Å². The fourth-order valence-corrected chi connectivity index (χ4v) is 4.17. The molecule has 1 aliphatic rings. The zero-order chi connectivity index (χ0) is 14.8. The molecule has 1 aromatic rings. The van der Waals surface area contributed by atoms with Crippen molar-refractivity contribution in [3.63, 3.8) is 0 Å². The van der Waals surface area contributed by atoms with Gasteiger partial charge in [-0.2, -0.15) is 4.31 Å². The van der Waals surface area contributed by atoms with Crippen molar-refractivity contribution in [2.45, 2.75) is 37.6 Å². The number of sulfonamides is 1. The van der Waals surface area contributed by atoms with E-state index in [0.717, 1.165) is 11.1 Å². The van der Waals surface area contributed by atoms with Crippen molar-refractivity contribution < 1.29 is 8.42 Å². The number of hydrogen-bond acceptors (Lipinski definition) is 3. The number of rotatable bonds is 3. The minimum atomic E-state index is -3.46. The van der Waals surface area contributed by atoms with Gasteiger partial charge in [-0.05, 0) is 49.4 Å². The van der Waals surface area contributed by atoms with Crippen molar-refractivity contribution in [3.05, 3.63) is 39.8 Å². The summed E-state index contributed by atoms with van der Waals surface area (Å²) in [6, 6.07) is 5.35. The van der Waals surface area contributed by atoms with Gasteiger partial charge in [0.2, 0.25) is 10.0 Å². The summed E-state index contributed by atoms with van der Waals surface area (Å²) >= 11 is 0. The molecule has 1 fully saturated rings. The minimum absolute atomic E-state index is 0.0925. The number of azide groups is 1. The molecule has 0 amide bonds. The first-order chi connectivity index (χ1) is 9.45. The lowest BCUT2D eigenvalue weighted by atomic mass is 10.1. The Balaban J connectivity index is 2.24. The molecule has 0 spiro atoms. The minimum Gasteiger partial charge on any atom is -0.207 e. The molecule has 0 aromatic heterocycles. The van der Waals surface area contributed by atoms with Gasteiger partial charge in [0.05, 0.1) is 4.90 Å². The van der Waals surface area contributed by atoms with Crippen LogP contribution in [0.15, 0.2) is 28.2 Å². The first kappa shape index (κ1) is 14.8. The smallest absolute Gasteiger partial charge is 0.207 e. The fourth-order valence-electron chi connectivity index (χ4n) is 2.40. The van der Waals surface area contributed by atoms with Gasteiger partial charge in [0.15, 0.2) is 0 Å². The SMILES string of the molecule is Cc1ccc(C)c(S(=O)(=O)N2CCC(N=[N+]=[N-])CC2)c1. The third kappa shape index (κ3) is 2.95. The van der Waals surface area contributed by atoms with Gasteiger partial charge in [-0.1, -0.05) is 17.2 Å². The number of aryl methyl sites for hydroxylation is 2. The summed E-state index contributed by atoms with van der Waals surface area (Å²) in [5, 5.41) is 3.66. The van der Waals surface area contributed by atoms with Crippen LogP contribution in [0.3, 0.4) is 0 Å². The van der Waals surface area contributed by atoms with E-state index in [-0.39, 0.29) is 6.04 Å². The number of hydrogen-bond donors (Lipinski definition) is 0. The highest BCUT2D eigenvalue weighted by atomic mass is 32.2. The topological polar surface area (TPSA) is 86.1 Å². The maximum atomic E-state index is 12.6. The molecular formula is C13H18N4O2S. The molecule has 0 radical (unpaired) electrons. The molecule has 1 saturated heterocycles. The van der Waals surface area contributed by atoms with E-state index in [4.69, 9.17) is 5.53 Å². The third-order valence-corrected chi connectivity index (χ3v) is 5.64. The summed E-state index contributed by atoms with van der Waals surface area (Å²) in [6.45, 7) is 4.49. The van der Waals surface area contributed by atoms with Crippen LogP contribution in [0.2, 0.25) is 0 Å². The zero-order valence-electron chi connectivity index (χ0n) is 11.7. The average Bonchev–Trinajstić information content (AvgIpc) is 2.42. The quantitative estimate of drug-likeness (QED) is 0.487. The van der Waals surface area contributed by atoms with Crippen LogP contribution in [0.5, 0.6) is 0 Å². The molecule has 0 unspecified atom stereocenters. The van der Waals surface area contributed by atoms with Gasteiger partial charge in [0.1, 0.15) is 0 Å². The Morgan fingerprint density at radius 1 is 1.30 bits per heavy atom. The van der Waals surface area contributed by atoms with Crippen LogP contribution in [0, 0.1) is 13.8 Å². The van der Waals surface area contributed by atoms with Gasteiger partial charge in [0.25, 0.3) is 0 Å². The van der Waals surface area contributed by atoms with Crippen molar-refractivity contribution in [1.29, 1.82) is 0 Å². The van der Waals surface area contributed by atoms with Crippen LogP contribution in [-0.4, -0.2) is 31.9 Å². The zero-order valence-corrected chi connectivity index (χ0v) is 12.5. The summed E-state index contributed by atoms with van der Waals surface area (Å²) in [6.07, 6.45) is 1.16. The molecular weight excluding hydrogens is 276 g/mol. The highest BCUT2D eigenvalue weighted by Gasteiger charge is 2.30. The Morgan fingerprint density at radius 3 is 2.55 bits per heavy atom. The summed E-state index contributed by atoms with van der Waals surface area (Å²) < 4.78 is 26.8. The van der Waals surface area contributed by atoms with E-state index in [9.17, 15) is 8.42 Å². The summed E-state index contributed by atoms with van der Waals surface area (Å²) in [7, 11) is -3.46. The second-order valence-corrected chi connectivity index (χ2v) is 7.02. The van der Waals surface area contributed by atoms with E-state index in [2.05, 4.69) is 10.0 Å². The molecule has 108 valence electrons. The molecule has 7 heteroatoms. The molecule has 1 heterocycles. The average molecular weight is 294 g/mol. The predicted molar refractivity (Wildman–Crippen MR) is 76.8 cm³/mol. The molecule has 0 atom stereocenters. The molecule has 1 aliphatic heterocycles. The van der Waals surface area contributed by atoms with E-state index >= 15 is 0 Å². The number of nitrogens with zero attached hydrogens (tertiary/aromatic N) is 4. The third-order valence-electron chi connectivity index (χ3n) is 3.60. The van der Waals surface area contributed by atoms with E-state index in [1.807, 2.05) is 19.1 Å². The Morgan fingerprint density at radius 2 is 1.95 bits per heavy atom. The van der Waals surface area contributed by atoms with Crippen LogP contribution in [0.25, 0.3) is 10.4 Å². The molecule has 0 bridgehead atoms. The summed E-state index contributed by atoms with van der Waals surface area (Å²) in [5.74, 6) is 0. The van der Waals surface area contributed by atoms with E-state index in [1.54, 1.807) is 13.0 Å². The van der Waals surface area contributed by atoms with Crippen molar-refractivity contribution in [1.82, 2.24) is 4.31 Å². The lowest BCUT2D eigenvalue weighted by Crippen LogP contribution is -2.39. The second-order valence-electron chi connectivity index (χ2n) is 5.11. The Bertz CT molecular complexity index is 642. The monoisotopic (exact) mass is 294 g/mol. The molecule has 6 nitrogen and oxygen atoms in total. The van der Waals surface area contributed by atoms with Gasteiger partial charge in [-0.15, -0.1) is 0 Å². The first-order valence-electron chi connectivity index (χ1n) is 6.57. The predicted octanol–water partition coefficient (Wildman–Crippen LogP) is 2.77. The maximum Gasteiger partial charge on any atom is 0.243 e. The Labute approximate surface area is 119 Å². The van der Waals surface area contributed by atoms with Crippen LogP contribution in [-0.2, 0) is 10.0 Å². The maximum absolute atomic E-state index is 12.6. The standard InChI is InChI=1S/C13H18N4O2S/c1-10-3-4-11(2)13(9-10)20(18,19)17-7-5-12(6-8-17)15-16-14/h3-4,9,12H,5-8H2,1-2H3. The molecule has 2 rings (SSSR count). The molecule has 0 N–H and O–H groups in total. The Kier molecular flexibility index (Phi) is 4.32. The van der Waals surface area contributed by atoms with E-state index in [0.29, 0.717) is 30.8 Å². The van der Waals surface area contributed by atoms with Crippen molar-refractivity contribution in [3.8, 4) is 0 Å². The van der Waals surface area contributed by atoms with E-state index in [1.165, 1.54) is 4.31 Å². The largest absolute Gasteiger partial charge is 0.243 e. The number of benzene rings is 1. The highest BCUT2D eigenvalue weighted by molar-refractivity contribution is 7.89. The van der Waals surface area contributed by atoms with Gasteiger partial charge < -0.3 is 0 Å². The van der Waals surface area contributed by atoms with Gasteiger partial charge >= 0.3 is 0 Å². The van der Waals surface area contributed by atoms with Crippen LogP contribution in [0.4, 0.5) is 0 Å². The lowest BCUT2D eigenvalue weighted by molar-refractivity contribution is 0.319. The molecule has 0 aliphatic carbocycles. The Hall–Kier alpha value is -1.56. The van der Waals surface area contributed by atoms with E-state index < -0.39 is 10.0 Å². The summed E-state index contributed by atoms with van der Waals surface area (Å²) in [5.41, 5.74) is 10.1. The molecule has 0 saturated carbocycles. The molecule has 20 heavy (non-hydrogen) atoms. The van der Waals surface area contributed by atoms with Crippen LogP contribution in [0.1, 0.15) is 24.0 Å². The lowest BCUT2D eigenvalue weighted by Gasteiger charge is -2.29. The van der Waals surface area contributed by atoms with Gasteiger partial charge in [-0.25, -0.2) is 8.42 Å². The van der Waals surface area contributed by atoms with Gasteiger partial charge in [-0.3, -0.25) is 0 Å². The van der Waals surface area contributed by atoms with Crippen molar-refractivity contribution in [2.75, 3.05) is 13.1 Å². The first-order valence-corrected chi connectivity index (χ1v) is 8.01. The highest BCUT2D eigenvalue weighted by Crippen LogP contribution is 2.25. The second kappa shape index (κ2) is 5.83. The van der Waals surface area contributed by atoms with Crippen molar-refractivity contribution in [2.24, 2.45) is 5.11 Å².